The molecule has 3 rings (SSSR count). The van der Waals surface area contributed by atoms with Gasteiger partial charge in [0, 0.05) is 6.26 Å². The highest BCUT2D eigenvalue weighted by Crippen LogP contribution is 2.35. The Labute approximate surface area is 125 Å². The van der Waals surface area contributed by atoms with E-state index in [1.807, 2.05) is 24.3 Å². The van der Waals surface area contributed by atoms with Crippen molar-refractivity contribution >= 4 is 27.1 Å². The minimum atomic E-state index is -3.14. The second-order valence-corrected chi connectivity index (χ2v) is 7.33. The van der Waals surface area contributed by atoms with Crippen LogP contribution in [0.2, 0.25) is 0 Å². The van der Waals surface area contributed by atoms with Gasteiger partial charge in [-0.05, 0) is 53.0 Å². The van der Waals surface area contributed by atoms with Gasteiger partial charge in [0.25, 0.3) is 0 Å². The van der Waals surface area contributed by atoms with Crippen LogP contribution in [0.3, 0.4) is 0 Å². The summed E-state index contributed by atoms with van der Waals surface area (Å²) in [7, 11) is -3.14. The van der Waals surface area contributed by atoms with Crippen molar-refractivity contribution in [3.8, 4) is 0 Å². The Morgan fingerprint density at radius 1 is 0.905 bits per heavy atom. The zero-order valence-corrected chi connectivity index (χ0v) is 12.8. The van der Waals surface area contributed by atoms with Gasteiger partial charge in [0.05, 0.1) is 4.90 Å². The smallest absolute Gasteiger partial charge is 0.175 e. The zero-order chi connectivity index (χ0) is 15.0. The number of rotatable bonds is 2. The van der Waals surface area contributed by atoms with Crippen LogP contribution in [0.15, 0.2) is 59.5 Å². The van der Waals surface area contributed by atoms with Gasteiger partial charge in [0.2, 0.25) is 0 Å². The van der Waals surface area contributed by atoms with Crippen LogP contribution in [0.4, 0.5) is 0 Å². The molecule has 0 spiro atoms. The number of allylic oxidation sites excluding steroid dienone is 3. The van der Waals surface area contributed by atoms with Gasteiger partial charge in [0.1, 0.15) is 0 Å². The van der Waals surface area contributed by atoms with Gasteiger partial charge in [0.15, 0.2) is 9.84 Å². The summed E-state index contributed by atoms with van der Waals surface area (Å²) in [4.78, 5) is 0.350. The molecule has 0 aromatic heterocycles. The molecule has 0 unspecified atom stereocenters. The lowest BCUT2D eigenvalue weighted by atomic mass is 10.0. The highest BCUT2D eigenvalue weighted by molar-refractivity contribution is 7.90. The van der Waals surface area contributed by atoms with Gasteiger partial charge >= 0.3 is 0 Å². The van der Waals surface area contributed by atoms with Crippen LogP contribution < -0.4 is 0 Å². The third kappa shape index (κ3) is 2.69. The minimum Gasteiger partial charge on any atom is -0.224 e. The zero-order valence-electron chi connectivity index (χ0n) is 12.0. The fourth-order valence-electron chi connectivity index (χ4n) is 2.58. The van der Waals surface area contributed by atoms with Gasteiger partial charge in [-0.25, -0.2) is 8.42 Å². The summed E-state index contributed by atoms with van der Waals surface area (Å²) in [6.07, 6.45) is 5.47. The van der Waals surface area contributed by atoms with Crippen LogP contribution in [-0.4, -0.2) is 14.7 Å². The van der Waals surface area contributed by atoms with E-state index in [4.69, 9.17) is 0 Å². The normalized spacial score (nSPS) is 15.9. The van der Waals surface area contributed by atoms with Gasteiger partial charge in [-0.2, -0.15) is 0 Å². The number of sulfone groups is 1. The molecule has 106 valence electrons. The molecule has 1 aliphatic carbocycles. The second-order valence-electron chi connectivity index (χ2n) is 5.31. The molecule has 2 nitrogen and oxygen atoms in total. The Morgan fingerprint density at radius 2 is 1.52 bits per heavy atom. The largest absolute Gasteiger partial charge is 0.224 e. The summed E-state index contributed by atoms with van der Waals surface area (Å²) < 4.78 is 22.9. The highest BCUT2D eigenvalue weighted by atomic mass is 32.2. The molecule has 0 heterocycles. The molecule has 0 saturated heterocycles. The van der Waals surface area contributed by atoms with Gasteiger partial charge < -0.3 is 0 Å². The molecule has 2 aromatic carbocycles. The van der Waals surface area contributed by atoms with E-state index in [0.717, 1.165) is 11.1 Å². The number of hydrogen-bond acceptors (Lipinski definition) is 2. The van der Waals surface area contributed by atoms with Crippen molar-refractivity contribution in [1.29, 1.82) is 0 Å². The maximum absolute atomic E-state index is 11.5. The molecule has 21 heavy (non-hydrogen) atoms. The molecule has 0 fully saturated rings. The van der Waals surface area contributed by atoms with E-state index in [2.05, 4.69) is 31.2 Å². The van der Waals surface area contributed by atoms with Crippen LogP contribution in [-0.2, 0) is 9.84 Å². The van der Waals surface area contributed by atoms with E-state index >= 15 is 0 Å². The lowest BCUT2D eigenvalue weighted by molar-refractivity contribution is 0.602. The first-order valence-electron chi connectivity index (χ1n) is 6.75. The topological polar surface area (TPSA) is 34.1 Å². The number of hydrogen-bond donors (Lipinski definition) is 0. The van der Waals surface area contributed by atoms with Gasteiger partial charge in [-0.1, -0.05) is 42.5 Å². The standard InChI is InChI=1S/C18H16O2S/c1-13-11-15(18-6-4-3-5-17(13)18)12-14-7-9-16(10-8-14)21(2,19)20/h3-12H,1-2H3. The summed E-state index contributed by atoms with van der Waals surface area (Å²) in [6.45, 7) is 2.10. The first-order valence-corrected chi connectivity index (χ1v) is 8.64. The maximum atomic E-state index is 11.5. The molecule has 0 radical (unpaired) electrons. The molecule has 2 aromatic rings. The highest BCUT2D eigenvalue weighted by Gasteiger charge is 2.14. The molecular formula is C18H16O2S. The fraction of sp³-hybridized carbons (Fsp3) is 0.111. The van der Waals surface area contributed by atoms with E-state index in [-0.39, 0.29) is 0 Å². The van der Waals surface area contributed by atoms with E-state index in [0.29, 0.717) is 4.90 Å². The average molecular weight is 296 g/mol. The minimum absolute atomic E-state index is 0.350. The van der Waals surface area contributed by atoms with Crippen LogP contribution in [0.5, 0.6) is 0 Å². The predicted octanol–water partition coefficient (Wildman–Crippen LogP) is 4.05. The molecule has 0 bridgehead atoms. The second kappa shape index (κ2) is 5.01. The predicted molar refractivity (Wildman–Crippen MR) is 87.5 cm³/mol. The third-order valence-corrected chi connectivity index (χ3v) is 4.79. The Hall–Kier alpha value is -2.13. The first kappa shape index (κ1) is 13.8. The van der Waals surface area contributed by atoms with Crippen molar-refractivity contribution < 1.29 is 8.42 Å². The summed E-state index contributed by atoms with van der Waals surface area (Å²) in [6, 6.07) is 15.3. The molecular weight excluding hydrogens is 280 g/mol. The van der Waals surface area contributed by atoms with Gasteiger partial charge in [-0.15, -0.1) is 0 Å². The first-order chi connectivity index (χ1) is 9.95. The van der Waals surface area contributed by atoms with Crippen molar-refractivity contribution in [1.82, 2.24) is 0 Å². The SMILES string of the molecule is CC1=CC(=Cc2ccc(S(C)(=O)=O)cc2)c2ccccc21. The third-order valence-electron chi connectivity index (χ3n) is 3.67. The molecule has 3 heteroatoms. The van der Waals surface area contributed by atoms with Crippen LogP contribution >= 0.6 is 0 Å². The molecule has 1 aliphatic rings. The number of benzene rings is 2. The molecule has 0 saturated carbocycles. The monoisotopic (exact) mass is 296 g/mol. The summed E-state index contributed by atoms with van der Waals surface area (Å²) in [5, 5.41) is 0. The van der Waals surface area contributed by atoms with E-state index in [9.17, 15) is 8.42 Å². The van der Waals surface area contributed by atoms with Crippen LogP contribution in [0, 0.1) is 0 Å². The molecule has 0 atom stereocenters. The van der Waals surface area contributed by atoms with Crippen molar-refractivity contribution in [2.24, 2.45) is 0 Å². The Bertz CT molecular complexity index is 854. The average Bonchev–Trinajstić information content (AvgIpc) is 2.76. The van der Waals surface area contributed by atoms with Crippen molar-refractivity contribution in [2.45, 2.75) is 11.8 Å². The van der Waals surface area contributed by atoms with Gasteiger partial charge in [-0.3, -0.25) is 0 Å². The summed E-state index contributed by atoms with van der Waals surface area (Å²) in [5.41, 5.74) is 5.90. The Balaban J connectivity index is 2.01. The van der Waals surface area contributed by atoms with Crippen molar-refractivity contribution in [2.75, 3.05) is 6.26 Å². The quantitative estimate of drug-likeness (QED) is 0.838. The fourth-order valence-corrected chi connectivity index (χ4v) is 3.21. The molecule has 0 amide bonds. The molecule has 0 N–H and O–H groups in total. The maximum Gasteiger partial charge on any atom is 0.175 e. The Morgan fingerprint density at radius 3 is 2.14 bits per heavy atom. The van der Waals surface area contributed by atoms with Crippen LogP contribution in [0.25, 0.3) is 17.2 Å². The summed E-state index contributed by atoms with van der Waals surface area (Å²) in [5.74, 6) is 0. The van der Waals surface area contributed by atoms with E-state index < -0.39 is 9.84 Å². The van der Waals surface area contributed by atoms with Crippen LogP contribution in [0.1, 0.15) is 23.6 Å². The Kier molecular flexibility index (Phi) is 3.30. The lowest BCUT2D eigenvalue weighted by Gasteiger charge is -2.03. The number of fused-ring (bicyclic) bond motifs is 1. The lowest BCUT2D eigenvalue weighted by Crippen LogP contribution is -1.96. The summed E-state index contributed by atoms with van der Waals surface area (Å²) >= 11 is 0. The van der Waals surface area contributed by atoms with Crippen molar-refractivity contribution in [3.05, 3.63) is 71.3 Å². The molecule has 0 aliphatic heterocycles. The van der Waals surface area contributed by atoms with E-state index in [1.165, 1.54) is 23.0 Å². The van der Waals surface area contributed by atoms with E-state index in [1.54, 1.807) is 12.1 Å². The van der Waals surface area contributed by atoms with Crippen molar-refractivity contribution in [3.63, 3.8) is 0 Å².